The third-order valence-corrected chi connectivity index (χ3v) is 4.33. The minimum Gasteiger partial charge on any atom is -0.384 e. The average Bonchev–Trinajstić information content (AvgIpc) is 2.66. The molecule has 0 aromatic heterocycles. The molecule has 19 heavy (non-hydrogen) atoms. The average molecular weight is 260 g/mol. The van der Waals surface area contributed by atoms with Crippen molar-refractivity contribution in [2.75, 3.05) is 31.5 Å². The first-order valence-corrected chi connectivity index (χ1v) is 7.81. The van der Waals surface area contributed by atoms with E-state index in [1.807, 2.05) is 0 Å². The summed E-state index contributed by atoms with van der Waals surface area (Å²) in [4.78, 5) is 2.62. The Hall–Kier alpha value is -1.02. The maximum atomic E-state index is 3.52. The van der Waals surface area contributed by atoms with Crippen LogP contribution in [0.15, 0.2) is 24.3 Å². The highest BCUT2D eigenvalue weighted by atomic mass is 15.1. The molecule has 1 heterocycles. The quantitative estimate of drug-likeness (QED) is 0.863. The second-order valence-corrected chi connectivity index (χ2v) is 5.84. The molecule has 1 aromatic rings. The molecule has 0 saturated carbocycles. The number of hydrogen-bond acceptors (Lipinski definition) is 2. The summed E-state index contributed by atoms with van der Waals surface area (Å²) >= 11 is 0. The molecular weight excluding hydrogens is 232 g/mol. The van der Waals surface area contributed by atoms with Crippen LogP contribution in [0.1, 0.15) is 38.2 Å². The van der Waals surface area contributed by atoms with Crippen LogP contribution >= 0.6 is 0 Å². The largest absolute Gasteiger partial charge is 0.384 e. The molecule has 0 radical (unpaired) electrons. The molecular formula is C17H28N2. The smallest absolute Gasteiger partial charge is 0.0340 e. The van der Waals surface area contributed by atoms with Crippen LogP contribution in [-0.2, 0) is 0 Å². The van der Waals surface area contributed by atoms with E-state index in [1.54, 1.807) is 0 Å². The standard InChI is InChI=1S/C17H28N2/c1-3-16-5-4-12-19(13-10-16)14-11-18-17-8-6-15(2)7-9-17/h6-9,16,18H,3-5,10-14H2,1-2H3. The lowest BCUT2D eigenvalue weighted by molar-refractivity contribution is 0.290. The Balaban J connectivity index is 1.69. The van der Waals surface area contributed by atoms with Crippen molar-refractivity contribution in [3.05, 3.63) is 29.8 Å². The van der Waals surface area contributed by atoms with Crippen LogP contribution in [0.3, 0.4) is 0 Å². The summed E-state index contributed by atoms with van der Waals surface area (Å²) in [7, 11) is 0. The molecule has 2 rings (SSSR count). The van der Waals surface area contributed by atoms with Crippen molar-refractivity contribution >= 4 is 5.69 Å². The van der Waals surface area contributed by atoms with Crippen molar-refractivity contribution in [2.24, 2.45) is 5.92 Å². The van der Waals surface area contributed by atoms with Crippen LogP contribution in [-0.4, -0.2) is 31.1 Å². The lowest BCUT2D eigenvalue weighted by atomic mass is 9.98. The lowest BCUT2D eigenvalue weighted by Crippen LogP contribution is -2.30. The highest BCUT2D eigenvalue weighted by Gasteiger charge is 2.14. The first-order chi connectivity index (χ1) is 9.28. The predicted octanol–water partition coefficient (Wildman–Crippen LogP) is 3.92. The number of rotatable bonds is 5. The monoisotopic (exact) mass is 260 g/mol. The van der Waals surface area contributed by atoms with E-state index in [-0.39, 0.29) is 0 Å². The van der Waals surface area contributed by atoms with Crippen molar-refractivity contribution in [2.45, 2.75) is 39.5 Å². The fraction of sp³-hybridized carbons (Fsp3) is 0.647. The van der Waals surface area contributed by atoms with E-state index >= 15 is 0 Å². The van der Waals surface area contributed by atoms with E-state index in [0.717, 1.165) is 12.5 Å². The molecule has 106 valence electrons. The normalized spacial score (nSPS) is 21.1. The predicted molar refractivity (Wildman–Crippen MR) is 83.7 cm³/mol. The van der Waals surface area contributed by atoms with E-state index in [0.29, 0.717) is 0 Å². The second kappa shape index (κ2) is 7.54. The topological polar surface area (TPSA) is 15.3 Å². The molecule has 2 heteroatoms. The van der Waals surface area contributed by atoms with Crippen LogP contribution in [0.5, 0.6) is 0 Å². The molecule has 1 aliphatic heterocycles. The van der Waals surface area contributed by atoms with E-state index in [2.05, 4.69) is 48.3 Å². The number of likely N-dealkylation sites (tertiary alicyclic amines) is 1. The highest BCUT2D eigenvalue weighted by Crippen LogP contribution is 2.19. The maximum Gasteiger partial charge on any atom is 0.0340 e. The molecule has 0 bridgehead atoms. The van der Waals surface area contributed by atoms with Gasteiger partial charge in [-0.05, 0) is 57.3 Å². The number of nitrogens with zero attached hydrogens (tertiary/aromatic N) is 1. The van der Waals surface area contributed by atoms with Gasteiger partial charge in [-0.2, -0.15) is 0 Å². The fourth-order valence-corrected chi connectivity index (χ4v) is 2.89. The number of hydrogen-bond donors (Lipinski definition) is 1. The second-order valence-electron chi connectivity index (χ2n) is 5.84. The molecule has 1 aliphatic rings. The molecule has 1 saturated heterocycles. The highest BCUT2D eigenvalue weighted by molar-refractivity contribution is 5.44. The van der Waals surface area contributed by atoms with Crippen LogP contribution in [0, 0.1) is 12.8 Å². The van der Waals surface area contributed by atoms with E-state index < -0.39 is 0 Å². The first kappa shape index (κ1) is 14.4. The molecule has 0 spiro atoms. The van der Waals surface area contributed by atoms with Gasteiger partial charge in [-0.1, -0.05) is 31.0 Å². The van der Waals surface area contributed by atoms with Crippen LogP contribution in [0.2, 0.25) is 0 Å². The van der Waals surface area contributed by atoms with Gasteiger partial charge in [0.05, 0.1) is 0 Å². The van der Waals surface area contributed by atoms with Gasteiger partial charge in [0.2, 0.25) is 0 Å². The molecule has 1 fully saturated rings. The Morgan fingerprint density at radius 3 is 2.68 bits per heavy atom. The Morgan fingerprint density at radius 1 is 1.16 bits per heavy atom. The molecule has 1 unspecified atom stereocenters. The van der Waals surface area contributed by atoms with Gasteiger partial charge in [0.25, 0.3) is 0 Å². The van der Waals surface area contributed by atoms with Gasteiger partial charge in [0.1, 0.15) is 0 Å². The molecule has 2 nitrogen and oxygen atoms in total. The van der Waals surface area contributed by atoms with Crippen molar-refractivity contribution < 1.29 is 0 Å². The van der Waals surface area contributed by atoms with Crippen LogP contribution in [0.25, 0.3) is 0 Å². The van der Waals surface area contributed by atoms with E-state index in [4.69, 9.17) is 0 Å². The molecule has 0 amide bonds. The SMILES string of the molecule is CCC1CCCN(CCNc2ccc(C)cc2)CC1. The number of nitrogens with one attached hydrogen (secondary N) is 1. The van der Waals surface area contributed by atoms with Gasteiger partial charge < -0.3 is 10.2 Å². The van der Waals surface area contributed by atoms with Gasteiger partial charge >= 0.3 is 0 Å². The zero-order chi connectivity index (χ0) is 13.5. The Kier molecular flexibility index (Phi) is 5.71. The van der Waals surface area contributed by atoms with Crippen molar-refractivity contribution in [3.63, 3.8) is 0 Å². The van der Waals surface area contributed by atoms with Gasteiger partial charge in [-0.15, -0.1) is 0 Å². The lowest BCUT2D eigenvalue weighted by Gasteiger charge is -2.20. The molecule has 1 N–H and O–H groups in total. The van der Waals surface area contributed by atoms with Crippen LogP contribution < -0.4 is 5.32 Å². The fourth-order valence-electron chi connectivity index (χ4n) is 2.89. The Morgan fingerprint density at radius 2 is 1.95 bits per heavy atom. The third kappa shape index (κ3) is 4.87. The number of anilines is 1. The molecule has 0 aliphatic carbocycles. The Bertz CT molecular complexity index is 358. The third-order valence-electron chi connectivity index (χ3n) is 4.33. The summed E-state index contributed by atoms with van der Waals surface area (Å²) < 4.78 is 0. The maximum absolute atomic E-state index is 3.52. The minimum absolute atomic E-state index is 0.968. The first-order valence-electron chi connectivity index (χ1n) is 7.81. The summed E-state index contributed by atoms with van der Waals surface area (Å²) in [6, 6.07) is 8.68. The van der Waals surface area contributed by atoms with Crippen molar-refractivity contribution in [1.29, 1.82) is 0 Å². The zero-order valence-corrected chi connectivity index (χ0v) is 12.5. The molecule has 1 aromatic carbocycles. The van der Waals surface area contributed by atoms with Gasteiger partial charge in [0, 0.05) is 18.8 Å². The Labute approximate surface area is 118 Å². The zero-order valence-electron chi connectivity index (χ0n) is 12.5. The summed E-state index contributed by atoms with van der Waals surface area (Å²) in [6.45, 7) is 9.26. The van der Waals surface area contributed by atoms with E-state index in [9.17, 15) is 0 Å². The minimum atomic E-state index is 0.968. The van der Waals surface area contributed by atoms with Crippen molar-refractivity contribution in [1.82, 2.24) is 4.90 Å². The van der Waals surface area contributed by atoms with Crippen LogP contribution in [0.4, 0.5) is 5.69 Å². The van der Waals surface area contributed by atoms with Gasteiger partial charge in [-0.3, -0.25) is 0 Å². The summed E-state index contributed by atoms with van der Waals surface area (Å²) in [5.41, 5.74) is 2.57. The van der Waals surface area contributed by atoms with Gasteiger partial charge in [-0.25, -0.2) is 0 Å². The molecule has 1 atom stereocenters. The number of benzene rings is 1. The van der Waals surface area contributed by atoms with Gasteiger partial charge in [0.15, 0.2) is 0 Å². The summed E-state index contributed by atoms with van der Waals surface area (Å²) in [5, 5.41) is 3.52. The van der Waals surface area contributed by atoms with Crippen molar-refractivity contribution in [3.8, 4) is 0 Å². The summed E-state index contributed by atoms with van der Waals surface area (Å²) in [6.07, 6.45) is 5.55. The summed E-state index contributed by atoms with van der Waals surface area (Å²) in [5.74, 6) is 0.968. The number of aryl methyl sites for hydroxylation is 1. The van der Waals surface area contributed by atoms with E-state index in [1.165, 1.54) is 56.6 Å².